The van der Waals surface area contributed by atoms with E-state index >= 15 is 0 Å². The minimum Gasteiger partial charge on any atom is -0.493 e. The molecule has 0 unspecified atom stereocenters. The summed E-state index contributed by atoms with van der Waals surface area (Å²) >= 11 is 0. The summed E-state index contributed by atoms with van der Waals surface area (Å²) in [6.07, 6.45) is 1.10. The van der Waals surface area contributed by atoms with Gasteiger partial charge in [-0.25, -0.2) is 0 Å². The fraction of sp³-hybridized carbons (Fsp3) is 0.286. The van der Waals surface area contributed by atoms with Gasteiger partial charge in [0.15, 0.2) is 11.5 Å². The quantitative estimate of drug-likeness (QED) is 0.709. The van der Waals surface area contributed by atoms with E-state index in [4.69, 9.17) is 14.0 Å². The van der Waals surface area contributed by atoms with E-state index in [0.717, 1.165) is 16.9 Å². The molecule has 0 fully saturated rings. The van der Waals surface area contributed by atoms with Crippen LogP contribution in [0.4, 0.5) is 0 Å². The van der Waals surface area contributed by atoms with Crippen LogP contribution < -0.4 is 14.8 Å². The third-order valence-electron chi connectivity index (χ3n) is 4.68. The summed E-state index contributed by atoms with van der Waals surface area (Å²) in [6, 6.07) is 15.3. The molecule has 1 atom stereocenters. The van der Waals surface area contributed by atoms with E-state index in [1.165, 1.54) is 0 Å². The second-order valence-electron chi connectivity index (χ2n) is 6.58. The average Bonchev–Trinajstić information content (AvgIpc) is 3.22. The highest BCUT2D eigenvalue weighted by atomic mass is 16.5. The number of benzene rings is 2. The van der Waals surface area contributed by atoms with Gasteiger partial charge in [-0.15, -0.1) is 0 Å². The third kappa shape index (κ3) is 3.83. The molecule has 28 heavy (non-hydrogen) atoms. The summed E-state index contributed by atoms with van der Waals surface area (Å²) in [5.41, 5.74) is 1.88. The molecule has 0 bridgehead atoms. The molecule has 0 saturated heterocycles. The summed E-state index contributed by atoms with van der Waals surface area (Å²) in [4.78, 5) is 16.9. The van der Waals surface area contributed by atoms with Gasteiger partial charge in [-0.1, -0.05) is 47.6 Å². The Morgan fingerprint density at radius 2 is 2.07 bits per heavy atom. The topological polar surface area (TPSA) is 86.5 Å². The van der Waals surface area contributed by atoms with Crippen LogP contribution in [0.5, 0.6) is 11.5 Å². The third-order valence-corrected chi connectivity index (χ3v) is 4.68. The van der Waals surface area contributed by atoms with E-state index < -0.39 is 0 Å². The van der Waals surface area contributed by atoms with Crippen molar-refractivity contribution in [2.45, 2.75) is 12.8 Å². The van der Waals surface area contributed by atoms with Gasteiger partial charge in [0.25, 0.3) is 0 Å². The molecule has 2 heterocycles. The minimum atomic E-state index is -0.234. The predicted molar refractivity (Wildman–Crippen MR) is 102 cm³/mol. The van der Waals surface area contributed by atoms with Crippen LogP contribution in [0, 0.1) is 5.92 Å². The molecule has 1 aromatic heterocycles. The molecule has 3 aromatic rings. The number of methoxy groups -OCH3 is 1. The summed E-state index contributed by atoms with van der Waals surface area (Å²) < 4.78 is 16.3. The Morgan fingerprint density at radius 1 is 1.21 bits per heavy atom. The molecule has 1 aliphatic heterocycles. The van der Waals surface area contributed by atoms with Gasteiger partial charge in [0.2, 0.25) is 17.6 Å². The Kier molecular flexibility index (Phi) is 5.23. The summed E-state index contributed by atoms with van der Waals surface area (Å²) in [5, 5.41) is 6.92. The minimum absolute atomic E-state index is 0.0451. The highest BCUT2D eigenvalue weighted by Crippen LogP contribution is 2.36. The fourth-order valence-corrected chi connectivity index (χ4v) is 3.22. The second-order valence-corrected chi connectivity index (χ2v) is 6.58. The van der Waals surface area contributed by atoms with Crippen LogP contribution in [0.1, 0.15) is 11.5 Å². The van der Waals surface area contributed by atoms with Gasteiger partial charge in [-0.2, -0.15) is 4.98 Å². The van der Waals surface area contributed by atoms with Gasteiger partial charge in [-0.05, 0) is 18.1 Å². The molecule has 1 aliphatic rings. The largest absolute Gasteiger partial charge is 0.493 e. The number of carbonyl (C=O) groups is 1. The molecule has 144 valence electrons. The van der Waals surface area contributed by atoms with E-state index in [1.54, 1.807) is 7.11 Å². The van der Waals surface area contributed by atoms with Gasteiger partial charge < -0.3 is 19.3 Å². The zero-order chi connectivity index (χ0) is 19.3. The normalized spacial score (nSPS) is 15.4. The molecule has 7 nitrogen and oxygen atoms in total. The van der Waals surface area contributed by atoms with Crippen molar-refractivity contribution in [3.05, 3.63) is 60.0 Å². The standard InChI is InChI=1S/C21H21N3O4/c1-26-17-9-5-8-15-12-16(13-27-19(15)17)21(25)22-11-10-18-23-20(24-28-18)14-6-3-2-4-7-14/h2-9,16H,10-13H2,1H3,(H,22,25)/t16-/m0/s1. The van der Waals surface area contributed by atoms with Crippen LogP contribution in [0.3, 0.4) is 0 Å². The van der Waals surface area contributed by atoms with Crippen LogP contribution in [0.15, 0.2) is 53.1 Å². The van der Waals surface area contributed by atoms with Crippen molar-refractivity contribution in [3.63, 3.8) is 0 Å². The number of ether oxygens (including phenoxy) is 2. The molecule has 7 heteroatoms. The maximum Gasteiger partial charge on any atom is 0.228 e. The first-order valence-corrected chi connectivity index (χ1v) is 9.19. The maximum atomic E-state index is 12.5. The number of hydrogen-bond donors (Lipinski definition) is 1. The SMILES string of the molecule is COc1cccc2c1OC[C@@H](C(=O)NCCc1nc(-c3ccccc3)no1)C2. The van der Waals surface area contributed by atoms with Gasteiger partial charge in [-0.3, -0.25) is 4.79 Å². The smallest absolute Gasteiger partial charge is 0.228 e. The van der Waals surface area contributed by atoms with Crippen LogP contribution in [-0.2, 0) is 17.6 Å². The van der Waals surface area contributed by atoms with E-state index in [9.17, 15) is 4.79 Å². The number of amides is 1. The van der Waals surface area contributed by atoms with Crippen molar-refractivity contribution in [1.82, 2.24) is 15.5 Å². The fourth-order valence-electron chi connectivity index (χ4n) is 3.22. The first kappa shape index (κ1) is 18.0. The number of nitrogens with zero attached hydrogens (tertiary/aromatic N) is 2. The first-order chi connectivity index (χ1) is 13.7. The lowest BCUT2D eigenvalue weighted by atomic mass is 9.95. The van der Waals surface area contributed by atoms with Crippen LogP contribution in [-0.4, -0.2) is 36.3 Å². The van der Waals surface area contributed by atoms with Crippen molar-refractivity contribution in [2.75, 3.05) is 20.3 Å². The van der Waals surface area contributed by atoms with Gasteiger partial charge >= 0.3 is 0 Å². The number of rotatable bonds is 6. The summed E-state index contributed by atoms with van der Waals surface area (Å²) in [6.45, 7) is 0.759. The molecule has 4 rings (SSSR count). The molecule has 0 saturated carbocycles. The molecule has 0 radical (unpaired) electrons. The highest BCUT2D eigenvalue weighted by Gasteiger charge is 2.27. The number of hydrogen-bond acceptors (Lipinski definition) is 6. The lowest BCUT2D eigenvalue weighted by molar-refractivity contribution is -0.126. The van der Waals surface area contributed by atoms with Crippen molar-refractivity contribution >= 4 is 5.91 Å². The van der Waals surface area contributed by atoms with Crippen LogP contribution >= 0.6 is 0 Å². The Bertz CT molecular complexity index is 955. The monoisotopic (exact) mass is 379 g/mol. The Labute approximate surface area is 162 Å². The van der Waals surface area contributed by atoms with Gasteiger partial charge in [0, 0.05) is 18.5 Å². The first-order valence-electron chi connectivity index (χ1n) is 9.19. The Balaban J connectivity index is 1.30. The molecule has 0 spiro atoms. The molecule has 2 aromatic carbocycles. The number of para-hydroxylation sites is 1. The molecular weight excluding hydrogens is 358 g/mol. The van der Waals surface area contributed by atoms with Gasteiger partial charge in [0.1, 0.15) is 6.61 Å². The van der Waals surface area contributed by atoms with E-state index in [-0.39, 0.29) is 11.8 Å². The van der Waals surface area contributed by atoms with Crippen molar-refractivity contribution in [3.8, 4) is 22.9 Å². The molecular formula is C21H21N3O4. The van der Waals surface area contributed by atoms with Gasteiger partial charge in [0.05, 0.1) is 13.0 Å². The van der Waals surface area contributed by atoms with E-state index in [0.29, 0.717) is 43.5 Å². The zero-order valence-corrected chi connectivity index (χ0v) is 15.6. The number of carbonyl (C=O) groups excluding carboxylic acids is 1. The highest BCUT2D eigenvalue weighted by molar-refractivity contribution is 5.79. The summed E-state index contributed by atoms with van der Waals surface area (Å²) in [7, 11) is 1.61. The summed E-state index contributed by atoms with van der Waals surface area (Å²) in [5.74, 6) is 2.19. The number of fused-ring (bicyclic) bond motifs is 1. The zero-order valence-electron chi connectivity index (χ0n) is 15.6. The van der Waals surface area contributed by atoms with Crippen molar-refractivity contribution in [1.29, 1.82) is 0 Å². The van der Waals surface area contributed by atoms with Crippen molar-refractivity contribution < 1.29 is 18.8 Å². The maximum absolute atomic E-state index is 12.5. The average molecular weight is 379 g/mol. The molecule has 1 N–H and O–H groups in total. The lowest BCUT2D eigenvalue weighted by Gasteiger charge is -2.25. The number of nitrogens with one attached hydrogen (secondary N) is 1. The van der Waals surface area contributed by atoms with Crippen LogP contribution in [0.25, 0.3) is 11.4 Å². The van der Waals surface area contributed by atoms with Crippen molar-refractivity contribution in [2.24, 2.45) is 5.92 Å². The molecule has 0 aliphatic carbocycles. The Hall–Kier alpha value is -3.35. The van der Waals surface area contributed by atoms with Crippen LogP contribution in [0.2, 0.25) is 0 Å². The molecule has 1 amide bonds. The Morgan fingerprint density at radius 3 is 2.89 bits per heavy atom. The predicted octanol–water partition coefficient (Wildman–Crippen LogP) is 2.66. The van der Waals surface area contributed by atoms with E-state index in [1.807, 2.05) is 48.5 Å². The van der Waals surface area contributed by atoms with E-state index in [2.05, 4.69) is 15.5 Å². The number of aromatic nitrogens is 2. The lowest BCUT2D eigenvalue weighted by Crippen LogP contribution is -2.38. The second kappa shape index (κ2) is 8.12.